The fraction of sp³-hybridized carbons (Fsp3) is 0.214. The molecule has 2 aromatic rings. The van der Waals surface area contributed by atoms with Crippen LogP contribution in [0.25, 0.3) is 0 Å². The van der Waals surface area contributed by atoms with E-state index in [1.807, 2.05) is 0 Å². The molecule has 0 unspecified atom stereocenters. The highest BCUT2D eigenvalue weighted by atomic mass is 19.1. The Labute approximate surface area is 119 Å². The molecule has 0 aliphatic carbocycles. The van der Waals surface area contributed by atoms with Gasteiger partial charge in [-0.3, -0.25) is 9.36 Å². The van der Waals surface area contributed by atoms with Gasteiger partial charge in [-0.1, -0.05) is 12.1 Å². The molecule has 2 rings (SSSR count). The molecule has 0 aliphatic heterocycles. The first kappa shape index (κ1) is 14.7. The molecule has 0 saturated heterocycles. The molecule has 0 saturated carbocycles. The summed E-state index contributed by atoms with van der Waals surface area (Å²) >= 11 is 0. The molecule has 6 nitrogen and oxygen atoms in total. The van der Waals surface area contributed by atoms with Crippen LogP contribution in [-0.2, 0) is 13.5 Å². The van der Waals surface area contributed by atoms with E-state index in [-0.39, 0.29) is 23.8 Å². The summed E-state index contributed by atoms with van der Waals surface area (Å²) in [5.74, 6) is -1.77. The van der Waals surface area contributed by atoms with Gasteiger partial charge in [0, 0.05) is 13.5 Å². The van der Waals surface area contributed by atoms with Gasteiger partial charge in [-0.15, -0.1) is 0 Å². The third kappa shape index (κ3) is 2.91. The van der Waals surface area contributed by atoms with E-state index < -0.39 is 17.2 Å². The van der Waals surface area contributed by atoms with E-state index in [0.29, 0.717) is 5.56 Å². The van der Waals surface area contributed by atoms with E-state index in [1.54, 1.807) is 12.1 Å². The minimum atomic E-state index is -1.34. The lowest BCUT2D eigenvalue weighted by molar-refractivity contribution is 0.0685. The molecule has 0 amide bonds. The predicted octanol–water partition coefficient (Wildman–Crippen LogP) is 1.22. The number of hydrogen-bond donors (Lipinski definition) is 1. The highest BCUT2D eigenvalue weighted by Gasteiger charge is 2.20. The van der Waals surface area contributed by atoms with Crippen LogP contribution < -0.4 is 10.3 Å². The lowest BCUT2D eigenvalue weighted by Gasteiger charge is -2.11. The second-order valence-electron chi connectivity index (χ2n) is 4.38. The van der Waals surface area contributed by atoms with Gasteiger partial charge >= 0.3 is 5.97 Å². The van der Waals surface area contributed by atoms with Gasteiger partial charge in [0.15, 0.2) is 5.69 Å². The zero-order chi connectivity index (χ0) is 15.6. The minimum Gasteiger partial charge on any atom is -0.489 e. The Bertz CT molecular complexity index is 738. The Balaban J connectivity index is 2.51. The van der Waals surface area contributed by atoms with Gasteiger partial charge in [-0.05, 0) is 17.7 Å². The van der Waals surface area contributed by atoms with E-state index >= 15 is 0 Å². The lowest BCUT2D eigenvalue weighted by Crippen LogP contribution is -2.27. The predicted molar refractivity (Wildman–Crippen MR) is 72.2 cm³/mol. The Kier molecular flexibility index (Phi) is 4.02. The van der Waals surface area contributed by atoms with Crippen molar-refractivity contribution < 1.29 is 19.0 Å². The van der Waals surface area contributed by atoms with E-state index in [4.69, 9.17) is 9.84 Å². The van der Waals surface area contributed by atoms with E-state index in [0.717, 1.165) is 0 Å². The number of benzene rings is 1. The molecule has 0 fully saturated rings. The number of carbonyl (C=O) groups is 1. The van der Waals surface area contributed by atoms with Crippen LogP contribution in [-0.4, -0.2) is 27.7 Å². The summed E-state index contributed by atoms with van der Waals surface area (Å²) in [7, 11) is 2.69. The molecule has 7 heteroatoms. The van der Waals surface area contributed by atoms with Crippen LogP contribution >= 0.6 is 0 Å². The smallest absolute Gasteiger partial charge is 0.358 e. The topological polar surface area (TPSA) is 81.4 Å². The fourth-order valence-electron chi connectivity index (χ4n) is 1.90. The lowest BCUT2D eigenvalue weighted by atomic mass is 10.1. The van der Waals surface area contributed by atoms with E-state index in [1.165, 1.54) is 30.9 Å². The molecular weight excluding hydrogens is 279 g/mol. The molecule has 1 aromatic heterocycles. The van der Waals surface area contributed by atoms with Gasteiger partial charge in [0.1, 0.15) is 11.6 Å². The number of rotatable bonds is 4. The first-order valence-corrected chi connectivity index (χ1v) is 6.05. The number of methoxy groups -OCH3 is 1. The summed E-state index contributed by atoms with van der Waals surface area (Å²) in [5.41, 5.74) is -0.305. The van der Waals surface area contributed by atoms with Crippen molar-refractivity contribution >= 4 is 5.97 Å². The Morgan fingerprint density at radius 3 is 2.52 bits per heavy atom. The van der Waals surface area contributed by atoms with Crippen molar-refractivity contribution in [2.45, 2.75) is 6.42 Å². The molecule has 0 aliphatic rings. The largest absolute Gasteiger partial charge is 0.489 e. The number of aromatic carboxylic acids is 1. The van der Waals surface area contributed by atoms with E-state index in [9.17, 15) is 14.0 Å². The van der Waals surface area contributed by atoms with Crippen LogP contribution in [0.1, 0.15) is 21.9 Å². The van der Waals surface area contributed by atoms with Crippen molar-refractivity contribution in [3.05, 3.63) is 57.5 Å². The molecule has 1 heterocycles. The van der Waals surface area contributed by atoms with Crippen LogP contribution in [0.15, 0.2) is 29.1 Å². The second kappa shape index (κ2) is 5.74. The standard InChI is InChI=1S/C14H13FN2O4/c1-17-10(7-8-3-5-9(15)6-4-8)16-11(14(19)20)12(21-2)13(17)18/h3-6H,7H2,1-2H3,(H,19,20). The number of carboxylic acids is 1. The van der Waals surface area contributed by atoms with Crippen molar-refractivity contribution in [3.63, 3.8) is 0 Å². The van der Waals surface area contributed by atoms with Gasteiger partial charge in [0.2, 0.25) is 5.75 Å². The summed E-state index contributed by atoms with van der Waals surface area (Å²) in [4.78, 5) is 27.2. The van der Waals surface area contributed by atoms with Gasteiger partial charge in [-0.2, -0.15) is 0 Å². The molecule has 0 spiro atoms. The SMILES string of the molecule is COc1c(C(=O)O)nc(Cc2ccc(F)cc2)n(C)c1=O. The number of aromatic nitrogens is 2. The maximum Gasteiger partial charge on any atom is 0.358 e. The second-order valence-corrected chi connectivity index (χ2v) is 4.38. The highest BCUT2D eigenvalue weighted by Crippen LogP contribution is 2.13. The molecule has 0 atom stereocenters. The molecule has 1 aromatic carbocycles. The molecular formula is C14H13FN2O4. The fourth-order valence-corrected chi connectivity index (χ4v) is 1.90. The molecule has 21 heavy (non-hydrogen) atoms. The number of hydrogen-bond acceptors (Lipinski definition) is 4. The minimum absolute atomic E-state index is 0.205. The summed E-state index contributed by atoms with van der Waals surface area (Å²) in [5, 5.41) is 9.10. The van der Waals surface area contributed by atoms with Gasteiger partial charge < -0.3 is 9.84 Å². The van der Waals surface area contributed by atoms with Crippen LogP contribution in [0.2, 0.25) is 0 Å². The summed E-state index contributed by atoms with van der Waals surface area (Å²) in [6, 6.07) is 5.67. The van der Waals surface area contributed by atoms with Crippen LogP contribution in [0.3, 0.4) is 0 Å². The first-order valence-electron chi connectivity index (χ1n) is 6.05. The normalized spacial score (nSPS) is 10.4. The molecule has 0 bridgehead atoms. The Morgan fingerprint density at radius 1 is 1.38 bits per heavy atom. The zero-order valence-corrected chi connectivity index (χ0v) is 11.5. The third-order valence-electron chi connectivity index (χ3n) is 3.02. The van der Waals surface area contributed by atoms with Crippen LogP contribution in [0.4, 0.5) is 4.39 Å². The Morgan fingerprint density at radius 2 is 2.00 bits per heavy atom. The number of carboxylic acid groups (broad SMARTS) is 1. The maximum absolute atomic E-state index is 12.9. The molecule has 0 radical (unpaired) electrons. The average molecular weight is 292 g/mol. The van der Waals surface area contributed by atoms with Gasteiger partial charge in [0.05, 0.1) is 7.11 Å². The van der Waals surface area contributed by atoms with Crippen LogP contribution in [0.5, 0.6) is 5.75 Å². The summed E-state index contributed by atoms with van der Waals surface area (Å²) < 4.78 is 18.9. The third-order valence-corrected chi connectivity index (χ3v) is 3.02. The molecule has 110 valence electrons. The number of nitrogens with zero attached hydrogens (tertiary/aromatic N) is 2. The first-order chi connectivity index (χ1) is 9.93. The van der Waals surface area contributed by atoms with Crippen molar-refractivity contribution in [2.24, 2.45) is 7.05 Å². The monoisotopic (exact) mass is 292 g/mol. The van der Waals surface area contributed by atoms with E-state index in [2.05, 4.69) is 4.98 Å². The van der Waals surface area contributed by atoms with Crippen LogP contribution in [0, 0.1) is 5.82 Å². The average Bonchev–Trinajstić information content (AvgIpc) is 2.45. The Hall–Kier alpha value is -2.70. The van der Waals surface area contributed by atoms with Crippen molar-refractivity contribution in [1.29, 1.82) is 0 Å². The summed E-state index contributed by atoms with van der Waals surface area (Å²) in [6.07, 6.45) is 0.205. The molecule has 1 N–H and O–H groups in total. The zero-order valence-electron chi connectivity index (χ0n) is 11.5. The highest BCUT2D eigenvalue weighted by molar-refractivity contribution is 5.88. The number of halogens is 1. The van der Waals surface area contributed by atoms with Crippen molar-refractivity contribution in [2.75, 3.05) is 7.11 Å². The van der Waals surface area contributed by atoms with Gasteiger partial charge in [-0.25, -0.2) is 14.2 Å². The summed E-state index contributed by atoms with van der Waals surface area (Å²) in [6.45, 7) is 0. The quantitative estimate of drug-likeness (QED) is 0.916. The maximum atomic E-state index is 12.9. The van der Waals surface area contributed by atoms with Crippen molar-refractivity contribution in [3.8, 4) is 5.75 Å². The van der Waals surface area contributed by atoms with Crippen molar-refractivity contribution in [1.82, 2.24) is 9.55 Å². The number of ether oxygens (including phenoxy) is 1. The van der Waals surface area contributed by atoms with Gasteiger partial charge in [0.25, 0.3) is 5.56 Å².